The summed E-state index contributed by atoms with van der Waals surface area (Å²) in [5.74, 6) is -0.0714. The quantitative estimate of drug-likeness (QED) is 0.663. The molecule has 0 bridgehead atoms. The summed E-state index contributed by atoms with van der Waals surface area (Å²) in [5, 5.41) is 2.97. The van der Waals surface area contributed by atoms with Crippen LogP contribution >= 0.6 is 15.9 Å². The van der Waals surface area contributed by atoms with Crippen LogP contribution in [0.2, 0.25) is 0 Å². The normalized spacial score (nSPS) is 17.1. The van der Waals surface area contributed by atoms with Crippen LogP contribution in [0.3, 0.4) is 0 Å². The average molecular weight is 480 g/mol. The molecule has 8 heteroatoms. The van der Waals surface area contributed by atoms with Crippen LogP contribution in [0.25, 0.3) is 0 Å². The average Bonchev–Trinajstić information content (AvgIpc) is 2.70. The second kappa shape index (κ2) is 9.38. The van der Waals surface area contributed by atoms with Gasteiger partial charge >= 0.3 is 0 Å². The van der Waals surface area contributed by atoms with Gasteiger partial charge in [0.15, 0.2) is 0 Å². The van der Waals surface area contributed by atoms with E-state index in [2.05, 4.69) is 30.9 Å². The molecular weight excluding hydrogens is 454 g/mol. The SMILES string of the molecule is Cc1ccc(NC(=O)C(C)N2CCC(NS(=O)(=O)c3ccccc3)CC2)c(Br)c1. The molecule has 2 aromatic rings. The van der Waals surface area contributed by atoms with Crippen molar-refractivity contribution in [2.45, 2.75) is 43.7 Å². The highest BCUT2D eigenvalue weighted by atomic mass is 79.9. The number of sulfonamides is 1. The Morgan fingerprint density at radius 1 is 1.14 bits per heavy atom. The van der Waals surface area contributed by atoms with Crippen molar-refractivity contribution >= 4 is 37.5 Å². The molecule has 0 spiro atoms. The molecule has 29 heavy (non-hydrogen) atoms. The minimum atomic E-state index is -3.52. The maximum atomic E-state index is 12.7. The van der Waals surface area contributed by atoms with E-state index in [1.807, 2.05) is 32.0 Å². The summed E-state index contributed by atoms with van der Waals surface area (Å²) in [5.41, 5.74) is 1.86. The summed E-state index contributed by atoms with van der Waals surface area (Å²) < 4.78 is 28.6. The summed E-state index contributed by atoms with van der Waals surface area (Å²) in [6.07, 6.45) is 1.33. The number of aryl methyl sites for hydroxylation is 1. The van der Waals surface area contributed by atoms with E-state index >= 15 is 0 Å². The molecule has 0 aliphatic carbocycles. The van der Waals surface area contributed by atoms with E-state index in [-0.39, 0.29) is 22.9 Å². The van der Waals surface area contributed by atoms with E-state index in [4.69, 9.17) is 0 Å². The standard InChI is InChI=1S/C21H26BrN3O3S/c1-15-8-9-20(19(22)14-15)23-21(26)16(2)25-12-10-17(11-13-25)24-29(27,28)18-6-4-3-5-7-18/h3-9,14,16-17,24H,10-13H2,1-2H3,(H,23,26). The van der Waals surface area contributed by atoms with Gasteiger partial charge in [0.05, 0.1) is 16.6 Å². The second-order valence-electron chi connectivity index (χ2n) is 7.39. The first-order valence-corrected chi connectivity index (χ1v) is 11.9. The molecule has 156 valence electrons. The zero-order valence-electron chi connectivity index (χ0n) is 16.6. The fourth-order valence-corrected chi connectivity index (χ4v) is 5.33. The highest BCUT2D eigenvalue weighted by molar-refractivity contribution is 9.10. The van der Waals surface area contributed by atoms with Gasteiger partial charge in [0, 0.05) is 23.6 Å². The summed E-state index contributed by atoms with van der Waals surface area (Å²) in [6.45, 7) is 5.19. The Labute approximate surface area is 180 Å². The molecule has 3 rings (SSSR count). The molecule has 1 atom stereocenters. The number of nitrogens with one attached hydrogen (secondary N) is 2. The molecule has 0 saturated carbocycles. The number of carbonyl (C=O) groups is 1. The van der Waals surface area contributed by atoms with Crippen molar-refractivity contribution in [2.24, 2.45) is 0 Å². The van der Waals surface area contributed by atoms with Gasteiger partial charge in [0.25, 0.3) is 0 Å². The van der Waals surface area contributed by atoms with Crippen LogP contribution < -0.4 is 10.0 Å². The Morgan fingerprint density at radius 3 is 2.41 bits per heavy atom. The van der Waals surface area contributed by atoms with Crippen molar-refractivity contribution in [3.8, 4) is 0 Å². The van der Waals surface area contributed by atoms with Gasteiger partial charge in [0.1, 0.15) is 0 Å². The Balaban J connectivity index is 1.54. The van der Waals surface area contributed by atoms with Crippen molar-refractivity contribution in [1.29, 1.82) is 0 Å². The first kappa shape index (κ1) is 22.0. The van der Waals surface area contributed by atoms with E-state index in [1.54, 1.807) is 30.3 Å². The van der Waals surface area contributed by atoms with Crippen LogP contribution in [0.5, 0.6) is 0 Å². The molecule has 1 aliphatic rings. The Kier molecular flexibility index (Phi) is 7.10. The molecule has 6 nitrogen and oxygen atoms in total. The summed E-state index contributed by atoms with van der Waals surface area (Å²) in [4.78, 5) is 15.0. The minimum absolute atomic E-state index is 0.0714. The lowest BCUT2D eigenvalue weighted by molar-refractivity contribution is -0.121. The zero-order chi connectivity index (χ0) is 21.0. The predicted octanol–water partition coefficient (Wildman–Crippen LogP) is 3.53. The third-order valence-electron chi connectivity index (χ3n) is 5.21. The molecule has 2 aromatic carbocycles. The third-order valence-corrected chi connectivity index (χ3v) is 7.41. The lowest BCUT2D eigenvalue weighted by atomic mass is 10.0. The van der Waals surface area contributed by atoms with Crippen LogP contribution in [0.1, 0.15) is 25.3 Å². The van der Waals surface area contributed by atoms with Crippen molar-refractivity contribution < 1.29 is 13.2 Å². The second-order valence-corrected chi connectivity index (χ2v) is 9.96. The molecule has 1 amide bonds. The number of halogens is 1. The maximum Gasteiger partial charge on any atom is 0.241 e. The number of benzene rings is 2. The van der Waals surface area contributed by atoms with Crippen LogP contribution in [0.15, 0.2) is 57.9 Å². The smallest absolute Gasteiger partial charge is 0.241 e. The number of carbonyl (C=O) groups excluding carboxylic acids is 1. The van der Waals surface area contributed by atoms with Gasteiger partial charge in [-0.15, -0.1) is 0 Å². The van der Waals surface area contributed by atoms with E-state index in [9.17, 15) is 13.2 Å². The maximum absolute atomic E-state index is 12.7. The van der Waals surface area contributed by atoms with Crippen molar-refractivity contribution in [1.82, 2.24) is 9.62 Å². The molecular formula is C21H26BrN3O3S. The summed E-state index contributed by atoms with van der Waals surface area (Å²) in [6, 6.07) is 13.8. The van der Waals surface area contributed by atoms with Gasteiger partial charge < -0.3 is 5.32 Å². The summed E-state index contributed by atoms with van der Waals surface area (Å²) >= 11 is 3.48. The van der Waals surface area contributed by atoms with E-state index in [0.29, 0.717) is 25.9 Å². The van der Waals surface area contributed by atoms with Crippen LogP contribution in [-0.4, -0.2) is 44.4 Å². The Bertz CT molecular complexity index is 958. The van der Waals surface area contributed by atoms with Crippen molar-refractivity contribution in [2.75, 3.05) is 18.4 Å². The molecule has 2 N–H and O–H groups in total. The number of nitrogens with zero attached hydrogens (tertiary/aromatic N) is 1. The largest absolute Gasteiger partial charge is 0.324 e. The van der Waals surface area contributed by atoms with Gasteiger partial charge in [-0.3, -0.25) is 9.69 Å². The van der Waals surface area contributed by atoms with Crippen LogP contribution in [0.4, 0.5) is 5.69 Å². The van der Waals surface area contributed by atoms with Gasteiger partial charge in [-0.1, -0.05) is 24.3 Å². The highest BCUT2D eigenvalue weighted by Gasteiger charge is 2.29. The molecule has 1 saturated heterocycles. The van der Waals surface area contributed by atoms with Crippen LogP contribution in [-0.2, 0) is 14.8 Å². The number of anilines is 1. The minimum Gasteiger partial charge on any atom is -0.324 e. The van der Waals surface area contributed by atoms with Gasteiger partial charge in [0.2, 0.25) is 15.9 Å². The molecule has 1 unspecified atom stereocenters. The fourth-order valence-electron chi connectivity index (χ4n) is 3.42. The highest BCUT2D eigenvalue weighted by Crippen LogP contribution is 2.24. The van der Waals surface area contributed by atoms with E-state index < -0.39 is 10.0 Å². The molecule has 0 radical (unpaired) electrons. The monoisotopic (exact) mass is 479 g/mol. The number of amides is 1. The van der Waals surface area contributed by atoms with Crippen molar-refractivity contribution in [3.05, 3.63) is 58.6 Å². The predicted molar refractivity (Wildman–Crippen MR) is 118 cm³/mol. The van der Waals surface area contributed by atoms with Gasteiger partial charge in [-0.2, -0.15) is 0 Å². The number of hydrogen-bond donors (Lipinski definition) is 2. The molecule has 0 aromatic heterocycles. The number of hydrogen-bond acceptors (Lipinski definition) is 4. The van der Waals surface area contributed by atoms with Crippen LogP contribution in [0, 0.1) is 6.92 Å². The third kappa shape index (κ3) is 5.66. The topological polar surface area (TPSA) is 78.5 Å². The number of rotatable bonds is 6. The zero-order valence-corrected chi connectivity index (χ0v) is 19.0. The van der Waals surface area contributed by atoms with E-state index in [1.165, 1.54) is 0 Å². The first-order chi connectivity index (χ1) is 13.8. The lowest BCUT2D eigenvalue weighted by Crippen LogP contribution is -2.50. The Morgan fingerprint density at radius 2 is 1.79 bits per heavy atom. The van der Waals surface area contributed by atoms with Gasteiger partial charge in [-0.25, -0.2) is 13.1 Å². The number of likely N-dealkylation sites (tertiary alicyclic amines) is 1. The van der Waals surface area contributed by atoms with E-state index in [0.717, 1.165) is 15.7 Å². The summed E-state index contributed by atoms with van der Waals surface area (Å²) in [7, 11) is -3.52. The molecule has 1 fully saturated rings. The molecule has 1 aliphatic heterocycles. The molecule has 1 heterocycles. The Hall–Kier alpha value is -1.74. The van der Waals surface area contributed by atoms with Crippen molar-refractivity contribution in [3.63, 3.8) is 0 Å². The first-order valence-electron chi connectivity index (χ1n) is 9.65. The lowest BCUT2D eigenvalue weighted by Gasteiger charge is -2.35. The van der Waals surface area contributed by atoms with Gasteiger partial charge in [-0.05, 0) is 72.4 Å². The fraction of sp³-hybridized carbons (Fsp3) is 0.381. The number of piperidine rings is 1.